The minimum absolute atomic E-state index is 0.359. The summed E-state index contributed by atoms with van der Waals surface area (Å²) >= 11 is 1.49. The van der Waals surface area contributed by atoms with E-state index in [-0.39, 0.29) is 6.61 Å². The zero-order valence-corrected chi connectivity index (χ0v) is 16.3. The predicted molar refractivity (Wildman–Crippen MR) is 113 cm³/mol. The molecule has 3 aromatic carbocycles. The van der Waals surface area contributed by atoms with Gasteiger partial charge >= 0.3 is 5.97 Å². The zero-order valence-electron chi connectivity index (χ0n) is 15.5. The predicted octanol–water partition coefficient (Wildman–Crippen LogP) is 4.65. The van der Waals surface area contributed by atoms with Crippen molar-refractivity contribution in [3.05, 3.63) is 95.6 Å². The summed E-state index contributed by atoms with van der Waals surface area (Å²) < 4.78 is 5.18. The molecule has 6 heteroatoms. The van der Waals surface area contributed by atoms with Crippen LogP contribution in [0, 0.1) is 11.3 Å². The number of rotatable bonds is 7. The molecule has 0 saturated heterocycles. The van der Waals surface area contributed by atoms with Crippen molar-refractivity contribution >= 4 is 29.3 Å². The standard InChI is InChI=1S/C23H18N2O3S/c24-14-17-10-12-18(13-11-17)16-29-21-9-5-4-8-20(21)23(27)28-15-22(26)25-19-6-2-1-3-7-19/h1-13H,15-16H2,(H,25,26). The fourth-order valence-corrected chi connectivity index (χ4v) is 3.52. The largest absolute Gasteiger partial charge is 0.452 e. The molecule has 0 heterocycles. The van der Waals surface area contributed by atoms with E-state index in [2.05, 4.69) is 11.4 Å². The van der Waals surface area contributed by atoms with Gasteiger partial charge in [0.05, 0.1) is 17.2 Å². The molecule has 1 N–H and O–H groups in total. The maximum absolute atomic E-state index is 12.5. The highest BCUT2D eigenvalue weighted by Crippen LogP contribution is 2.27. The van der Waals surface area contributed by atoms with Crippen LogP contribution in [0.25, 0.3) is 0 Å². The highest BCUT2D eigenvalue weighted by molar-refractivity contribution is 7.98. The Labute approximate surface area is 173 Å². The van der Waals surface area contributed by atoms with Crippen molar-refractivity contribution in [2.45, 2.75) is 10.6 Å². The summed E-state index contributed by atoms with van der Waals surface area (Å²) in [6, 6.07) is 25.5. The number of benzene rings is 3. The first-order valence-electron chi connectivity index (χ1n) is 8.88. The third kappa shape index (κ3) is 5.96. The molecule has 3 aromatic rings. The highest BCUT2D eigenvalue weighted by atomic mass is 32.2. The first-order valence-corrected chi connectivity index (χ1v) is 9.87. The van der Waals surface area contributed by atoms with E-state index in [4.69, 9.17) is 10.00 Å². The van der Waals surface area contributed by atoms with Gasteiger partial charge in [0.15, 0.2) is 6.61 Å². The lowest BCUT2D eigenvalue weighted by Crippen LogP contribution is -2.21. The lowest BCUT2D eigenvalue weighted by molar-refractivity contribution is -0.119. The number of amides is 1. The number of nitrogens with zero attached hydrogens (tertiary/aromatic N) is 1. The number of carbonyl (C=O) groups is 2. The molecule has 3 rings (SSSR count). The maximum atomic E-state index is 12.5. The molecule has 0 aromatic heterocycles. The van der Waals surface area contributed by atoms with E-state index in [9.17, 15) is 9.59 Å². The van der Waals surface area contributed by atoms with Gasteiger partial charge in [0.1, 0.15) is 0 Å². The van der Waals surface area contributed by atoms with Gasteiger partial charge in [-0.25, -0.2) is 4.79 Å². The Balaban J connectivity index is 1.57. The number of hydrogen-bond acceptors (Lipinski definition) is 5. The van der Waals surface area contributed by atoms with Crippen molar-refractivity contribution in [1.82, 2.24) is 0 Å². The van der Waals surface area contributed by atoms with Crippen LogP contribution < -0.4 is 5.32 Å². The van der Waals surface area contributed by atoms with Crippen molar-refractivity contribution < 1.29 is 14.3 Å². The summed E-state index contributed by atoms with van der Waals surface area (Å²) in [6.07, 6.45) is 0. The molecular formula is C23H18N2O3S. The van der Waals surface area contributed by atoms with E-state index in [0.717, 1.165) is 10.5 Å². The number of nitrogens with one attached hydrogen (secondary N) is 1. The second-order valence-corrected chi connectivity index (χ2v) is 7.10. The van der Waals surface area contributed by atoms with Crippen molar-refractivity contribution in [3.63, 3.8) is 0 Å². The molecule has 0 aliphatic heterocycles. The van der Waals surface area contributed by atoms with Crippen LogP contribution in [0.4, 0.5) is 5.69 Å². The topological polar surface area (TPSA) is 79.2 Å². The van der Waals surface area contributed by atoms with Crippen molar-refractivity contribution in [3.8, 4) is 6.07 Å². The molecule has 0 spiro atoms. The molecule has 0 saturated carbocycles. The van der Waals surface area contributed by atoms with Crippen LogP contribution in [0.5, 0.6) is 0 Å². The van der Waals surface area contributed by atoms with Crippen LogP contribution in [0.1, 0.15) is 21.5 Å². The summed E-state index contributed by atoms with van der Waals surface area (Å²) in [5.41, 5.74) is 2.71. The normalized spacial score (nSPS) is 10.0. The number of ether oxygens (including phenoxy) is 1. The van der Waals surface area contributed by atoms with Crippen LogP contribution in [0.2, 0.25) is 0 Å². The van der Waals surface area contributed by atoms with E-state index < -0.39 is 11.9 Å². The van der Waals surface area contributed by atoms with Gasteiger partial charge in [-0.3, -0.25) is 4.79 Å². The third-order valence-corrected chi connectivity index (χ3v) is 5.12. The number of anilines is 1. The van der Waals surface area contributed by atoms with Gasteiger partial charge in [0, 0.05) is 16.3 Å². The molecule has 1 amide bonds. The minimum atomic E-state index is -0.545. The lowest BCUT2D eigenvalue weighted by Gasteiger charge is -2.10. The Morgan fingerprint density at radius 3 is 2.34 bits per heavy atom. The van der Waals surface area contributed by atoms with Gasteiger partial charge in [-0.15, -0.1) is 11.8 Å². The molecule has 0 bridgehead atoms. The van der Waals surface area contributed by atoms with Crippen LogP contribution in [0.3, 0.4) is 0 Å². The zero-order chi connectivity index (χ0) is 20.5. The van der Waals surface area contributed by atoms with Crippen LogP contribution in [0.15, 0.2) is 83.8 Å². The summed E-state index contributed by atoms with van der Waals surface area (Å²) in [4.78, 5) is 25.2. The molecule has 144 valence electrons. The van der Waals surface area contributed by atoms with E-state index in [1.165, 1.54) is 11.8 Å². The SMILES string of the molecule is N#Cc1ccc(CSc2ccccc2C(=O)OCC(=O)Nc2ccccc2)cc1. The molecule has 0 atom stereocenters. The Hall–Kier alpha value is -3.56. The molecule has 0 aliphatic rings. The van der Waals surface area contributed by atoms with Gasteiger partial charge in [0.2, 0.25) is 0 Å². The molecular weight excluding hydrogens is 384 g/mol. The Morgan fingerprint density at radius 2 is 1.62 bits per heavy atom. The number of hydrogen-bond donors (Lipinski definition) is 1. The number of para-hydroxylation sites is 1. The molecule has 0 radical (unpaired) electrons. The fraction of sp³-hybridized carbons (Fsp3) is 0.0870. The minimum Gasteiger partial charge on any atom is -0.452 e. The van der Waals surface area contributed by atoms with Gasteiger partial charge in [-0.1, -0.05) is 42.5 Å². The number of esters is 1. The van der Waals surface area contributed by atoms with Crippen molar-refractivity contribution in [2.75, 3.05) is 11.9 Å². The van der Waals surface area contributed by atoms with Gasteiger partial charge in [-0.2, -0.15) is 5.26 Å². The smallest absolute Gasteiger partial charge is 0.339 e. The summed E-state index contributed by atoms with van der Waals surface area (Å²) in [5, 5.41) is 11.5. The Kier molecular flexibility index (Phi) is 7.04. The molecule has 0 aliphatic carbocycles. The van der Waals surface area contributed by atoms with Crippen LogP contribution in [-0.2, 0) is 15.3 Å². The molecule has 29 heavy (non-hydrogen) atoms. The van der Waals surface area contributed by atoms with Crippen molar-refractivity contribution in [1.29, 1.82) is 5.26 Å². The van der Waals surface area contributed by atoms with E-state index in [1.54, 1.807) is 36.4 Å². The molecule has 0 fully saturated rings. The Bertz CT molecular complexity index is 1030. The van der Waals surface area contributed by atoms with Gasteiger partial charge in [0.25, 0.3) is 5.91 Å². The first-order chi connectivity index (χ1) is 14.2. The van der Waals surface area contributed by atoms with Gasteiger partial charge in [-0.05, 0) is 42.0 Å². The van der Waals surface area contributed by atoms with E-state index in [1.807, 2.05) is 42.5 Å². The van der Waals surface area contributed by atoms with Crippen molar-refractivity contribution in [2.24, 2.45) is 0 Å². The first kappa shape index (κ1) is 20.2. The summed E-state index contributed by atoms with van der Waals surface area (Å²) in [6.45, 7) is -0.359. The average molecular weight is 402 g/mol. The van der Waals surface area contributed by atoms with E-state index >= 15 is 0 Å². The average Bonchev–Trinajstić information content (AvgIpc) is 2.77. The van der Waals surface area contributed by atoms with E-state index in [0.29, 0.717) is 22.6 Å². The highest BCUT2D eigenvalue weighted by Gasteiger charge is 2.15. The van der Waals surface area contributed by atoms with Crippen LogP contribution >= 0.6 is 11.8 Å². The lowest BCUT2D eigenvalue weighted by atomic mass is 10.2. The van der Waals surface area contributed by atoms with Crippen LogP contribution in [-0.4, -0.2) is 18.5 Å². The maximum Gasteiger partial charge on any atom is 0.339 e. The second-order valence-electron chi connectivity index (χ2n) is 6.08. The number of carbonyl (C=O) groups excluding carboxylic acids is 2. The fourth-order valence-electron chi connectivity index (χ4n) is 2.53. The molecule has 5 nitrogen and oxygen atoms in total. The quantitative estimate of drug-likeness (QED) is 0.460. The monoisotopic (exact) mass is 402 g/mol. The molecule has 0 unspecified atom stereocenters. The summed E-state index contributed by atoms with van der Waals surface area (Å²) in [7, 11) is 0. The number of thioether (sulfide) groups is 1. The second kappa shape index (κ2) is 10.1. The Morgan fingerprint density at radius 1 is 0.931 bits per heavy atom. The summed E-state index contributed by atoms with van der Waals surface area (Å²) in [5.74, 6) is -0.298. The van der Waals surface area contributed by atoms with Gasteiger partial charge < -0.3 is 10.1 Å². The number of nitriles is 1. The third-order valence-electron chi connectivity index (χ3n) is 3.98.